The lowest BCUT2D eigenvalue weighted by Crippen LogP contribution is -2.36. The highest BCUT2D eigenvalue weighted by atomic mass is 35.5. The molecule has 1 fully saturated rings. The highest BCUT2D eigenvalue weighted by molar-refractivity contribution is 5.85. The fourth-order valence-corrected chi connectivity index (χ4v) is 3.51. The summed E-state index contributed by atoms with van der Waals surface area (Å²) >= 11 is 0. The number of hydrogen-bond donors (Lipinski definition) is 2. The van der Waals surface area contributed by atoms with Gasteiger partial charge in [0.1, 0.15) is 0 Å². The van der Waals surface area contributed by atoms with Crippen molar-refractivity contribution < 1.29 is 4.79 Å². The summed E-state index contributed by atoms with van der Waals surface area (Å²) in [6, 6.07) is 8.54. The van der Waals surface area contributed by atoms with E-state index in [4.69, 9.17) is 0 Å². The third-order valence-electron chi connectivity index (χ3n) is 5.17. The van der Waals surface area contributed by atoms with Crippen molar-refractivity contribution in [1.29, 1.82) is 0 Å². The van der Waals surface area contributed by atoms with Crippen LogP contribution in [0.3, 0.4) is 0 Å². The summed E-state index contributed by atoms with van der Waals surface area (Å²) in [6.45, 7) is 7.95. The number of hydrogen-bond acceptors (Lipinski definition) is 3. The molecule has 26 heavy (non-hydrogen) atoms. The molecule has 0 saturated carbocycles. The zero-order chi connectivity index (χ0) is 18.0. The van der Waals surface area contributed by atoms with E-state index in [1.54, 1.807) is 4.68 Å². The lowest BCUT2D eigenvalue weighted by molar-refractivity contribution is -0.125. The van der Waals surface area contributed by atoms with E-state index in [0.717, 1.165) is 17.7 Å². The third kappa shape index (κ3) is 4.46. The van der Waals surface area contributed by atoms with Gasteiger partial charge < -0.3 is 10.6 Å². The van der Waals surface area contributed by atoms with E-state index in [0.29, 0.717) is 12.5 Å². The van der Waals surface area contributed by atoms with Crippen molar-refractivity contribution in [2.75, 3.05) is 13.1 Å². The number of aryl methyl sites for hydroxylation is 1. The Hall–Kier alpha value is -1.85. The molecule has 2 heterocycles. The van der Waals surface area contributed by atoms with Crippen LogP contribution in [0.25, 0.3) is 0 Å². The molecule has 0 aliphatic carbocycles. The molecule has 0 spiro atoms. The van der Waals surface area contributed by atoms with E-state index in [9.17, 15) is 4.79 Å². The van der Waals surface area contributed by atoms with Crippen molar-refractivity contribution in [3.05, 3.63) is 53.3 Å². The fraction of sp³-hybridized carbons (Fsp3) is 0.500. The summed E-state index contributed by atoms with van der Waals surface area (Å²) in [5.41, 5.74) is 3.59. The standard InChI is InChI=1S/C20H28N4O.ClH/c1-13(2)15-5-7-16(8-6-15)14(3)23-20(25)19-11-21-10-18(19)17-9-22-24(4)12-17;/h5-9,12-14,18-19,21H,10-11H2,1-4H3,(H,23,25);1H/t14?,18-,19+;/m1./s1. The van der Waals surface area contributed by atoms with Gasteiger partial charge in [-0.3, -0.25) is 9.48 Å². The molecule has 2 N–H and O–H groups in total. The predicted octanol–water partition coefficient (Wildman–Crippen LogP) is 3.15. The molecule has 3 atom stereocenters. The first-order valence-corrected chi connectivity index (χ1v) is 9.05. The van der Waals surface area contributed by atoms with Crippen LogP contribution in [0, 0.1) is 5.92 Å². The first kappa shape index (κ1) is 20.5. The minimum atomic E-state index is -0.0541. The number of aromatic nitrogens is 2. The molecule has 1 aliphatic heterocycles. The van der Waals surface area contributed by atoms with Gasteiger partial charge in [0.15, 0.2) is 0 Å². The zero-order valence-electron chi connectivity index (χ0n) is 15.9. The molecular weight excluding hydrogens is 348 g/mol. The van der Waals surface area contributed by atoms with E-state index in [2.05, 4.69) is 53.8 Å². The van der Waals surface area contributed by atoms with Crippen LogP contribution in [0.1, 0.15) is 55.3 Å². The smallest absolute Gasteiger partial charge is 0.225 e. The molecular formula is C20H29ClN4O. The maximum atomic E-state index is 12.8. The molecule has 1 aliphatic rings. The van der Waals surface area contributed by atoms with Gasteiger partial charge in [0.2, 0.25) is 5.91 Å². The summed E-state index contributed by atoms with van der Waals surface area (Å²) in [6.07, 6.45) is 3.87. The van der Waals surface area contributed by atoms with Gasteiger partial charge in [0.25, 0.3) is 0 Å². The summed E-state index contributed by atoms with van der Waals surface area (Å²) in [5.74, 6) is 0.758. The summed E-state index contributed by atoms with van der Waals surface area (Å²) in [5, 5.41) is 10.8. The second-order valence-corrected chi connectivity index (χ2v) is 7.37. The first-order chi connectivity index (χ1) is 12.0. The Morgan fingerprint density at radius 2 is 1.85 bits per heavy atom. The Kier molecular flexibility index (Phi) is 6.84. The van der Waals surface area contributed by atoms with Gasteiger partial charge in [0.05, 0.1) is 18.2 Å². The number of carbonyl (C=O) groups excluding carboxylic acids is 1. The number of rotatable bonds is 5. The van der Waals surface area contributed by atoms with Gasteiger partial charge in [-0.2, -0.15) is 5.10 Å². The van der Waals surface area contributed by atoms with E-state index in [1.807, 2.05) is 26.4 Å². The average Bonchev–Trinajstić information content (AvgIpc) is 3.23. The van der Waals surface area contributed by atoms with Crippen LogP contribution in [0.15, 0.2) is 36.7 Å². The molecule has 6 heteroatoms. The van der Waals surface area contributed by atoms with Crippen molar-refractivity contribution in [3.63, 3.8) is 0 Å². The van der Waals surface area contributed by atoms with Crippen molar-refractivity contribution in [2.45, 2.75) is 38.6 Å². The van der Waals surface area contributed by atoms with E-state index < -0.39 is 0 Å². The quantitative estimate of drug-likeness (QED) is 0.842. The van der Waals surface area contributed by atoms with E-state index >= 15 is 0 Å². The molecule has 142 valence electrons. The van der Waals surface area contributed by atoms with Crippen LogP contribution in [-0.4, -0.2) is 28.8 Å². The Bertz CT molecular complexity index is 726. The second-order valence-electron chi connectivity index (χ2n) is 7.37. The second kappa shape index (κ2) is 8.69. The molecule has 0 bridgehead atoms. The van der Waals surface area contributed by atoms with Gasteiger partial charge in [0, 0.05) is 32.3 Å². The van der Waals surface area contributed by atoms with Crippen LogP contribution in [0.2, 0.25) is 0 Å². The van der Waals surface area contributed by atoms with Gasteiger partial charge in [-0.05, 0) is 29.5 Å². The summed E-state index contributed by atoms with van der Waals surface area (Å²) < 4.78 is 1.79. The van der Waals surface area contributed by atoms with Crippen molar-refractivity contribution in [3.8, 4) is 0 Å². The highest BCUT2D eigenvalue weighted by Gasteiger charge is 2.35. The number of nitrogens with one attached hydrogen (secondary N) is 2. The lowest BCUT2D eigenvalue weighted by atomic mass is 9.90. The lowest BCUT2D eigenvalue weighted by Gasteiger charge is -2.21. The van der Waals surface area contributed by atoms with Gasteiger partial charge in [-0.15, -0.1) is 12.4 Å². The highest BCUT2D eigenvalue weighted by Crippen LogP contribution is 2.28. The Morgan fingerprint density at radius 1 is 1.19 bits per heavy atom. The summed E-state index contributed by atoms with van der Waals surface area (Å²) in [7, 11) is 1.91. The van der Waals surface area contributed by atoms with Crippen LogP contribution >= 0.6 is 12.4 Å². The molecule has 3 rings (SSSR count). The SMILES string of the molecule is CC(C)c1ccc(C(C)NC(=O)[C@H]2CNC[C@@H]2c2cnn(C)c2)cc1.Cl. The average molecular weight is 377 g/mol. The minimum absolute atomic E-state index is 0. The maximum Gasteiger partial charge on any atom is 0.225 e. The van der Waals surface area contributed by atoms with E-state index in [1.165, 1.54) is 5.56 Å². The van der Waals surface area contributed by atoms with Gasteiger partial charge in [-0.1, -0.05) is 38.1 Å². The van der Waals surface area contributed by atoms with Crippen molar-refractivity contribution in [1.82, 2.24) is 20.4 Å². The Labute approximate surface area is 162 Å². The van der Waals surface area contributed by atoms with Crippen LogP contribution in [0.5, 0.6) is 0 Å². The first-order valence-electron chi connectivity index (χ1n) is 9.05. The fourth-order valence-electron chi connectivity index (χ4n) is 3.51. The minimum Gasteiger partial charge on any atom is -0.349 e. The molecule has 1 aromatic carbocycles. The molecule has 1 amide bonds. The molecule has 1 unspecified atom stereocenters. The molecule has 5 nitrogen and oxygen atoms in total. The Morgan fingerprint density at radius 3 is 2.42 bits per heavy atom. The number of amides is 1. The molecule has 1 saturated heterocycles. The maximum absolute atomic E-state index is 12.8. The van der Waals surface area contributed by atoms with Gasteiger partial charge >= 0.3 is 0 Å². The van der Waals surface area contributed by atoms with Crippen molar-refractivity contribution >= 4 is 18.3 Å². The summed E-state index contributed by atoms with van der Waals surface area (Å²) in [4.78, 5) is 12.8. The number of nitrogens with zero attached hydrogens (tertiary/aromatic N) is 2. The Balaban J connectivity index is 0.00000243. The van der Waals surface area contributed by atoms with Gasteiger partial charge in [-0.25, -0.2) is 0 Å². The topological polar surface area (TPSA) is 59.0 Å². The normalized spacial score (nSPS) is 20.7. The van der Waals surface area contributed by atoms with Crippen molar-refractivity contribution in [2.24, 2.45) is 13.0 Å². The monoisotopic (exact) mass is 376 g/mol. The third-order valence-corrected chi connectivity index (χ3v) is 5.17. The molecule has 2 aromatic rings. The zero-order valence-corrected chi connectivity index (χ0v) is 16.7. The molecule has 1 aromatic heterocycles. The molecule has 0 radical (unpaired) electrons. The van der Waals surface area contributed by atoms with Crippen LogP contribution in [0.4, 0.5) is 0 Å². The number of carbonyl (C=O) groups is 1. The van der Waals surface area contributed by atoms with E-state index in [-0.39, 0.29) is 36.2 Å². The van der Waals surface area contributed by atoms with Crippen LogP contribution < -0.4 is 10.6 Å². The van der Waals surface area contributed by atoms with Crippen LogP contribution in [-0.2, 0) is 11.8 Å². The number of halogens is 1. The number of benzene rings is 1. The largest absolute Gasteiger partial charge is 0.349 e. The predicted molar refractivity (Wildman–Crippen MR) is 107 cm³/mol.